The van der Waals surface area contributed by atoms with Gasteiger partial charge in [-0.15, -0.1) is 0 Å². The Kier molecular flexibility index (Phi) is 5.55. The topological polar surface area (TPSA) is 103 Å². The van der Waals surface area contributed by atoms with Crippen LogP contribution in [0.4, 0.5) is 5.95 Å². The van der Waals surface area contributed by atoms with E-state index < -0.39 is 17.4 Å². The van der Waals surface area contributed by atoms with Gasteiger partial charge in [-0.1, -0.05) is 17.7 Å². The number of hydrogen-bond donors (Lipinski definition) is 2. The number of fused-ring (bicyclic) bond motifs is 1. The number of benzene rings is 1. The van der Waals surface area contributed by atoms with Crippen LogP contribution in [0, 0.1) is 6.92 Å². The number of aliphatic hydroxyl groups excluding tert-OH is 1. The molecule has 1 atom stereocenters. The normalized spacial score (nSPS) is 12.3. The van der Waals surface area contributed by atoms with Gasteiger partial charge in [0.1, 0.15) is 18.5 Å². The van der Waals surface area contributed by atoms with E-state index in [9.17, 15) is 14.7 Å². The number of aryl methyl sites for hydroxylation is 2. The molecule has 0 bridgehead atoms. The van der Waals surface area contributed by atoms with Crippen molar-refractivity contribution in [2.24, 2.45) is 14.1 Å². The number of ether oxygens (including phenoxy) is 1. The lowest BCUT2D eigenvalue weighted by Crippen LogP contribution is -2.38. The monoisotopic (exact) mass is 387 g/mol. The van der Waals surface area contributed by atoms with Crippen LogP contribution in [0.1, 0.15) is 12.5 Å². The molecule has 1 aromatic carbocycles. The van der Waals surface area contributed by atoms with E-state index in [0.29, 0.717) is 18.2 Å². The van der Waals surface area contributed by atoms with Crippen molar-refractivity contribution >= 4 is 17.1 Å². The van der Waals surface area contributed by atoms with Crippen molar-refractivity contribution in [3.8, 4) is 5.75 Å². The average molecular weight is 387 g/mol. The molecule has 28 heavy (non-hydrogen) atoms. The first-order valence-corrected chi connectivity index (χ1v) is 9.11. The zero-order valence-corrected chi connectivity index (χ0v) is 16.5. The number of imidazole rings is 1. The van der Waals surface area contributed by atoms with Crippen LogP contribution in [0.2, 0.25) is 0 Å². The zero-order valence-electron chi connectivity index (χ0n) is 16.5. The average Bonchev–Trinajstić information content (AvgIpc) is 3.03. The molecule has 3 rings (SSSR count). The highest BCUT2D eigenvalue weighted by Gasteiger charge is 2.21. The van der Waals surface area contributed by atoms with Crippen molar-refractivity contribution in [2.75, 3.05) is 18.5 Å². The van der Waals surface area contributed by atoms with Gasteiger partial charge in [0, 0.05) is 20.6 Å². The van der Waals surface area contributed by atoms with E-state index >= 15 is 0 Å². The molecule has 1 unspecified atom stereocenters. The molecule has 2 heterocycles. The molecule has 0 spiro atoms. The number of anilines is 1. The molecule has 0 aliphatic rings. The third-order valence-corrected chi connectivity index (χ3v) is 4.54. The summed E-state index contributed by atoms with van der Waals surface area (Å²) in [7, 11) is 2.99. The Bertz CT molecular complexity index is 1090. The van der Waals surface area contributed by atoms with Gasteiger partial charge in [0.15, 0.2) is 11.2 Å². The second-order valence-corrected chi connectivity index (χ2v) is 6.73. The highest BCUT2D eigenvalue weighted by atomic mass is 16.5. The van der Waals surface area contributed by atoms with Crippen LogP contribution in [0.3, 0.4) is 0 Å². The lowest BCUT2D eigenvalue weighted by Gasteiger charge is -2.16. The Morgan fingerprint density at radius 1 is 1.18 bits per heavy atom. The molecule has 9 nitrogen and oxygen atoms in total. The van der Waals surface area contributed by atoms with E-state index in [0.717, 1.165) is 10.1 Å². The van der Waals surface area contributed by atoms with Crippen molar-refractivity contribution in [3.05, 3.63) is 50.7 Å². The first-order chi connectivity index (χ1) is 13.3. The Labute approximate surface area is 161 Å². The quantitative estimate of drug-likeness (QED) is 0.616. The van der Waals surface area contributed by atoms with Gasteiger partial charge in [0.25, 0.3) is 5.56 Å². The highest BCUT2D eigenvalue weighted by Crippen LogP contribution is 2.17. The van der Waals surface area contributed by atoms with Crippen LogP contribution < -0.4 is 21.3 Å². The maximum atomic E-state index is 12.7. The molecule has 0 amide bonds. The Morgan fingerprint density at radius 2 is 1.86 bits per heavy atom. The Balaban J connectivity index is 1.92. The van der Waals surface area contributed by atoms with Gasteiger partial charge in [-0.05, 0) is 26.0 Å². The standard InChI is InChI=1S/C19H25N5O4/c1-5-20-18-21-16-15(17(26)23(4)19(27)22(16)3)24(18)10-13(25)11-28-14-8-6-12(2)7-9-14/h6-9,13,25H,5,10-11H2,1-4H3,(H,20,21). The lowest BCUT2D eigenvalue weighted by atomic mass is 10.2. The second-order valence-electron chi connectivity index (χ2n) is 6.73. The fourth-order valence-corrected chi connectivity index (χ4v) is 3.01. The molecule has 2 aromatic heterocycles. The fraction of sp³-hybridized carbons (Fsp3) is 0.421. The van der Waals surface area contributed by atoms with E-state index in [-0.39, 0.29) is 24.3 Å². The predicted molar refractivity (Wildman–Crippen MR) is 107 cm³/mol. The molecule has 150 valence electrons. The van der Waals surface area contributed by atoms with Crippen LogP contribution in [-0.4, -0.2) is 43.0 Å². The number of nitrogens with zero attached hydrogens (tertiary/aromatic N) is 4. The maximum absolute atomic E-state index is 12.7. The highest BCUT2D eigenvalue weighted by molar-refractivity contribution is 5.74. The predicted octanol–water partition coefficient (Wildman–Crippen LogP) is 0.614. The number of rotatable bonds is 7. The Morgan fingerprint density at radius 3 is 2.50 bits per heavy atom. The van der Waals surface area contributed by atoms with Crippen molar-refractivity contribution in [1.82, 2.24) is 18.7 Å². The molecule has 0 aliphatic heterocycles. The van der Waals surface area contributed by atoms with Gasteiger partial charge >= 0.3 is 5.69 Å². The second kappa shape index (κ2) is 7.89. The largest absolute Gasteiger partial charge is 0.491 e. The summed E-state index contributed by atoms with van der Waals surface area (Å²) in [5, 5.41) is 13.6. The van der Waals surface area contributed by atoms with Crippen molar-refractivity contribution < 1.29 is 9.84 Å². The zero-order chi connectivity index (χ0) is 20.4. The van der Waals surface area contributed by atoms with E-state index in [1.165, 1.54) is 11.6 Å². The summed E-state index contributed by atoms with van der Waals surface area (Å²) in [6.07, 6.45) is -0.877. The van der Waals surface area contributed by atoms with Crippen LogP contribution in [-0.2, 0) is 20.6 Å². The summed E-state index contributed by atoms with van der Waals surface area (Å²) in [5.74, 6) is 1.08. The van der Waals surface area contributed by atoms with Gasteiger partial charge in [-0.3, -0.25) is 13.9 Å². The lowest BCUT2D eigenvalue weighted by molar-refractivity contribution is 0.0938. The molecule has 2 N–H and O–H groups in total. The van der Waals surface area contributed by atoms with Gasteiger partial charge in [-0.25, -0.2) is 4.79 Å². The van der Waals surface area contributed by atoms with E-state index in [4.69, 9.17) is 4.74 Å². The van der Waals surface area contributed by atoms with Crippen LogP contribution in [0.15, 0.2) is 33.9 Å². The summed E-state index contributed by atoms with van der Waals surface area (Å²) in [4.78, 5) is 29.3. The molecule has 0 fully saturated rings. The van der Waals surface area contributed by atoms with Crippen molar-refractivity contribution in [3.63, 3.8) is 0 Å². The minimum atomic E-state index is -0.877. The third kappa shape index (κ3) is 3.65. The minimum Gasteiger partial charge on any atom is -0.491 e. The number of nitrogens with one attached hydrogen (secondary N) is 1. The summed E-state index contributed by atoms with van der Waals surface area (Å²) >= 11 is 0. The molecule has 3 aromatic rings. The van der Waals surface area contributed by atoms with Crippen LogP contribution >= 0.6 is 0 Å². The van der Waals surface area contributed by atoms with Gasteiger partial charge in [-0.2, -0.15) is 4.98 Å². The molecule has 0 saturated heterocycles. The third-order valence-electron chi connectivity index (χ3n) is 4.54. The van der Waals surface area contributed by atoms with Crippen molar-refractivity contribution in [2.45, 2.75) is 26.5 Å². The Hall–Kier alpha value is -3.07. The number of aliphatic hydroxyl groups is 1. The van der Waals surface area contributed by atoms with Crippen LogP contribution in [0.25, 0.3) is 11.2 Å². The molecule has 0 radical (unpaired) electrons. The van der Waals surface area contributed by atoms with Crippen LogP contribution in [0.5, 0.6) is 5.75 Å². The summed E-state index contributed by atoms with van der Waals surface area (Å²) in [6.45, 7) is 4.61. The first-order valence-electron chi connectivity index (χ1n) is 9.11. The van der Waals surface area contributed by atoms with E-state index in [1.54, 1.807) is 11.6 Å². The fourth-order valence-electron chi connectivity index (χ4n) is 3.01. The smallest absolute Gasteiger partial charge is 0.332 e. The van der Waals surface area contributed by atoms with E-state index in [2.05, 4.69) is 10.3 Å². The molecule has 9 heteroatoms. The van der Waals surface area contributed by atoms with Gasteiger partial charge in [0.2, 0.25) is 5.95 Å². The van der Waals surface area contributed by atoms with Gasteiger partial charge < -0.3 is 19.7 Å². The number of aromatic nitrogens is 4. The number of hydrogen-bond acceptors (Lipinski definition) is 6. The van der Waals surface area contributed by atoms with E-state index in [1.807, 2.05) is 38.1 Å². The molecule has 0 aliphatic carbocycles. The van der Waals surface area contributed by atoms with Gasteiger partial charge in [0.05, 0.1) is 6.54 Å². The first kappa shape index (κ1) is 19.7. The SMILES string of the molecule is CCNc1nc2c(c(=O)n(C)c(=O)n2C)n1CC(O)COc1ccc(C)cc1. The minimum absolute atomic E-state index is 0.0559. The molecular weight excluding hydrogens is 362 g/mol. The summed E-state index contributed by atoms with van der Waals surface area (Å²) in [6, 6.07) is 7.53. The molecule has 0 saturated carbocycles. The maximum Gasteiger partial charge on any atom is 0.332 e. The van der Waals surface area contributed by atoms with Crippen molar-refractivity contribution in [1.29, 1.82) is 0 Å². The summed E-state index contributed by atoms with van der Waals surface area (Å²) < 4.78 is 9.59. The molecular formula is C19H25N5O4. The summed E-state index contributed by atoms with van der Waals surface area (Å²) in [5.41, 5.74) is 0.745.